The lowest BCUT2D eigenvalue weighted by Gasteiger charge is -2.30. The lowest BCUT2D eigenvalue weighted by molar-refractivity contribution is -0.140. The molecule has 2 aromatic rings. The van der Waals surface area contributed by atoms with Crippen molar-refractivity contribution in [1.29, 1.82) is 0 Å². The van der Waals surface area contributed by atoms with Gasteiger partial charge in [-0.05, 0) is 57.2 Å². The zero-order valence-corrected chi connectivity index (χ0v) is 19.8. The molecule has 0 spiro atoms. The molecule has 0 aliphatic heterocycles. The van der Waals surface area contributed by atoms with Crippen LogP contribution in [0.5, 0.6) is 11.5 Å². The molecule has 0 aromatic heterocycles. The molecule has 0 unspecified atom stereocenters. The van der Waals surface area contributed by atoms with Gasteiger partial charge >= 0.3 is 5.97 Å². The predicted molar refractivity (Wildman–Crippen MR) is 125 cm³/mol. The van der Waals surface area contributed by atoms with Crippen molar-refractivity contribution in [3.8, 4) is 11.5 Å². The number of carbonyl (C=O) groups excluding carboxylic acids is 2. The van der Waals surface area contributed by atoms with Gasteiger partial charge in [-0.3, -0.25) is 9.59 Å². The van der Waals surface area contributed by atoms with Crippen molar-refractivity contribution in [3.63, 3.8) is 0 Å². The molecule has 0 fully saturated rings. The predicted octanol–water partition coefficient (Wildman–Crippen LogP) is 4.82. The Bertz CT molecular complexity index is 856. The molecule has 32 heavy (non-hydrogen) atoms. The largest absolute Gasteiger partial charge is 0.496 e. The Morgan fingerprint density at radius 3 is 2.16 bits per heavy atom. The normalized spacial score (nSPS) is 11.5. The van der Waals surface area contributed by atoms with E-state index < -0.39 is 0 Å². The first-order valence-electron chi connectivity index (χ1n) is 11.1. The van der Waals surface area contributed by atoms with Gasteiger partial charge in [0.1, 0.15) is 11.5 Å². The smallest absolute Gasteiger partial charge is 0.305 e. The van der Waals surface area contributed by atoms with Gasteiger partial charge in [-0.25, -0.2) is 0 Å². The van der Waals surface area contributed by atoms with E-state index in [9.17, 15) is 9.59 Å². The quantitative estimate of drug-likeness (QED) is 0.349. The molecule has 174 valence electrons. The fourth-order valence-electron chi connectivity index (χ4n) is 3.73. The summed E-state index contributed by atoms with van der Waals surface area (Å²) >= 11 is 0. The molecule has 0 aliphatic rings. The first kappa shape index (κ1) is 25.2. The van der Waals surface area contributed by atoms with E-state index in [1.807, 2.05) is 30.0 Å². The van der Waals surface area contributed by atoms with Crippen LogP contribution in [0.4, 0.5) is 0 Å². The maximum Gasteiger partial charge on any atom is 0.305 e. The number of ether oxygens (including phenoxy) is 3. The average molecular weight is 442 g/mol. The molecule has 6 nitrogen and oxygen atoms in total. The number of amides is 1. The van der Waals surface area contributed by atoms with Crippen LogP contribution in [0.1, 0.15) is 54.1 Å². The molecule has 0 aliphatic carbocycles. The van der Waals surface area contributed by atoms with Crippen LogP contribution in [-0.2, 0) is 16.0 Å². The maximum atomic E-state index is 13.6. The number of unbranched alkanes of at least 4 members (excludes halogenated alkanes) is 1. The van der Waals surface area contributed by atoms with E-state index >= 15 is 0 Å². The van der Waals surface area contributed by atoms with E-state index in [1.165, 1.54) is 12.7 Å². The van der Waals surface area contributed by atoms with Crippen LogP contribution in [0.3, 0.4) is 0 Å². The van der Waals surface area contributed by atoms with Crippen LogP contribution in [0.15, 0.2) is 42.5 Å². The van der Waals surface area contributed by atoms with Crippen LogP contribution in [0, 0.1) is 6.92 Å². The van der Waals surface area contributed by atoms with Crippen molar-refractivity contribution in [2.75, 3.05) is 27.9 Å². The molecule has 0 N–H and O–H groups in total. The van der Waals surface area contributed by atoms with E-state index in [4.69, 9.17) is 14.2 Å². The highest BCUT2D eigenvalue weighted by Crippen LogP contribution is 2.30. The zero-order valence-electron chi connectivity index (χ0n) is 19.8. The zero-order chi connectivity index (χ0) is 23.5. The van der Waals surface area contributed by atoms with Crippen LogP contribution >= 0.6 is 0 Å². The first-order valence-corrected chi connectivity index (χ1v) is 11.1. The van der Waals surface area contributed by atoms with Gasteiger partial charge < -0.3 is 19.1 Å². The number of benzene rings is 2. The minimum absolute atomic E-state index is 0.0270. The van der Waals surface area contributed by atoms with Gasteiger partial charge in [0.05, 0.1) is 21.3 Å². The summed E-state index contributed by atoms with van der Waals surface area (Å²) in [5.74, 6) is 0.943. The van der Waals surface area contributed by atoms with Gasteiger partial charge in [0.25, 0.3) is 5.91 Å². The van der Waals surface area contributed by atoms with Crippen molar-refractivity contribution < 1.29 is 23.8 Å². The van der Waals surface area contributed by atoms with Gasteiger partial charge in [0, 0.05) is 30.1 Å². The summed E-state index contributed by atoms with van der Waals surface area (Å²) in [4.78, 5) is 26.9. The van der Waals surface area contributed by atoms with Crippen molar-refractivity contribution in [1.82, 2.24) is 4.90 Å². The minimum atomic E-state index is -0.229. The SMILES string of the molecule is COC(=O)CCCCN(C(=O)c1cc(OC)c(C)c(OC)c1)[C@@H](C)CCc1ccccc1. The van der Waals surface area contributed by atoms with Crippen LogP contribution in [-0.4, -0.2) is 50.7 Å². The van der Waals surface area contributed by atoms with E-state index in [1.54, 1.807) is 26.4 Å². The van der Waals surface area contributed by atoms with Crippen molar-refractivity contribution in [2.24, 2.45) is 0 Å². The lowest BCUT2D eigenvalue weighted by Crippen LogP contribution is -2.39. The standard InChI is InChI=1S/C26H35NO5/c1-19(14-15-21-11-7-6-8-12-21)27(16-10-9-13-25(28)32-5)26(29)22-17-23(30-3)20(2)24(18-22)31-4/h6-8,11-12,17-19H,9-10,13-16H2,1-5H3/t19-/m0/s1. The third-order valence-corrected chi connectivity index (χ3v) is 5.74. The van der Waals surface area contributed by atoms with Crippen molar-refractivity contribution in [3.05, 3.63) is 59.2 Å². The number of aryl methyl sites for hydroxylation is 1. The lowest BCUT2D eigenvalue weighted by atomic mass is 10.0. The number of methoxy groups -OCH3 is 3. The molecule has 0 saturated carbocycles. The molecule has 0 saturated heterocycles. The summed E-state index contributed by atoms with van der Waals surface area (Å²) in [5, 5.41) is 0. The first-order chi connectivity index (χ1) is 15.4. The number of carbonyl (C=O) groups is 2. The monoisotopic (exact) mass is 441 g/mol. The second-order valence-electron chi connectivity index (χ2n) is 7.91. The van der Waals surface area contributed by atoms with Gasteiger partial charge in [-0.15, -0.1) is 0 Å². The molecule has 0 bridgehead atoms. The summed E-state index contributed by atoms with van der Waals surface area (Å²) < 4.78 is 15.6. The molecule has 0 radical (unpaired) electrons. The summed E-state index contributed by atoms with van der Waals surface area (Å²) in [6.07, 6.45) is 3.46. The van der Waals surface area contributed by atoms with Crippen LogP contribution in [0.25, 0.3) is 0 Å². The second-order valence-corrected chi connectivity index (χ2v) is 7.91. The second kappa shape index (κ2) is 12.7. The van der Waals surface area contributed by atoms with Gasteiger partial charge in [-0.1, -0.05) is 30.3 Å². The average Bonchev–Trinajstić information content (AvgIpc) is 2.82. The number of rotatable bonds is 12. The van der Waals surface area contributed by atoms with Crippen LogP contribution < -0.4 is 9.47 Å². The minimum Gasteiger partial charge on any atom is -0.496 e. The van der Waals surface area contributed by atoms with Crippen LogP contribution in [0.2, 0.25) is 0 Å². The summed E-state index contributed by atoms with van der Waals surface area (Å²) in [5.41, 5.74) is 2.63. The van der Waals surface area contributed by atoms with E-state index in [0.29, 0.717) is 36.4 Å². The van der Waals surface area contributed by atoms with E-state index in [-0.39, 0.29) is 17.9 Å². The number of hydrogen-bond donors (Lipinski definition) is 0. The molecular weight excluding hydrogens is 406 g/mol. The van der Waals surface area contributed by atoms with Gasteiger partial charge in [0.15, 0.2) is 0 Å². The fraction of sp³-hybridized carbons (Fsp3) is 0.462. The maximum absolute atomic E-state index is 13.6. The number of nitrogens with zero attached hydrogens (tertiary/aromatic N) is 1. The molecule has 1 atom stereocenters. The van der Waals surface area contributed by atoms with Crippen molar-refractivity contribution >= 4 is 11.9 Å². The molecule has 0 heterocycles. The Balaban J connectivity index is 2.19. The molecular formula is C26H35NO5. The highest BCUT2D eigenvalue weighted by molar-refractivity contribution is 5.95. The van der Waals surface area contributed by atoms with Gasteiger partial charge in [0.2, 0.25) is 0 Å². The highest BCUT2D eigenvalue weighted by Gasteiger charge is 2.23. The third kappa shape index (κ3) is 7.01. The number of hydrogen-bond acceptors (Lipinski definition) is 5. The Morgan fingerprint density at radius 1 is 0.969 bits per heavy atom. The third-order valence-electron chi connectivity index (χ3n) is 5.74. The molecule has 2 aromatic carbocycles. The molecule has 2 rings (SSSR count). The topological polar surface area (TPSA) is 65.1 Å². The van der Waals surface area contributed by atoms with E-state index in [2.05, 4.69) is 19.1 Å². The Kier molecular flexibility index (Phi) is 10.1. The fourth-order valence-corrected chi connectivity index (χ4v) is 3.73. The molecule has 1 amide bonds. The summed E-state index contributed by atoms with van der Waals surface area (Å²) in [7, 11) is 4.56. The summed E-state index contributed by atoms with van der Waals surface area (Å²) in [6.45, 7) is 4.53. The Morgan fingerprint density at radius 2 is 1.59 bits per heavy atom. The highest BCUT2D eigenvalue weighted by atomic mass is 16.5. The molecule has 6 heteroatoms. The van der Waals surface area contributed by atoms with Crippen molar-refractivity contribution in [2.45, 2.75) is 52.0 Å². The van der Waals surface area contributed by atoms with Gasteiger partial charge in [-0.2, -0.15) is 0 Å². The Labute approximate surface area is 191 Å². The Hall–Kier alpha value is -3.02. The number of esters is 1. The summed E-state index contributed by atoms with van der Waals surface area (Å²) in [6, 6.07) is 13.8. The van der Waals surface area contributed by atoms with E-state index in [0.717, 1.165) is 24.8 Å².